The van der Waals surface area contributed by atoms with Crippen LogP contribution in [0.25, 0.3) is 0 Å². The van der Waals surface area contributed by atoms with E-state index in [1.54, 1.807) is 11.9 Å². The molecule has 0 unspecified atom stereocenters. The predicted octanol–water partition coefficient (Wildman–Crippen LogP) is 3.37. The second-order valence-electron chi connectivity index (χ2n) is 6.81. The quantitative estimate of drug-likeness (QED) is 0.496. The third-order valence-electron chi connectivity index (χ3n) is 5.07. The summed E-state index contributed by atoms with van der Waals surface area (Å²) in [6, 6.07) is 10.4. The van der Waals surface area contributed by atoms with Gasteiger partial charge in [0.05, 0.1) is 5.88 Å². The fourth-order valence-electron chi connectivity index (χ4n) is 3.40. The van der Waals surface area contributed by atoms with Gasteiger partial charge in [-0.15, -0.1) is 12.4 Å². The van der Waals surface area contributed by atoms with Crippen molar-refractivity contribution < 1.29 is 4.79 Å². The molecule has 2 heterocycles. The van der Waals surface area contributed by atoms with Gasteiger partial charge in [-0.25, -0.2) is 4.79 Å². The number of benzene rings is 1. The summed E-state index contributed by atoms with van der Waals surface area (Å²) in [7, 11) is 0. The Morgan fingerprint density at radius 1 is 0.962 bits per heavy atom. The normalized spacial score (nSPS) is 19.0. The third kappa shape index (κ3) is 6.05. The fraction of sp³-hybridized carbons (Fsp3) is 0.632. The third-order valence-corrected chi connectivity index (χ3v) is 6.14. The molecule has 7 heteroatoms. The van der Waals surface area contributed by atoms with Crippen LogP contribution in [0.15, 0.2) is 30.3 Å². The average Bonchev–Trinajstić information content (AvgIpc) is 3.00. The summed E-state index contributed by atoms with van der Waals surface area (Å²) < 4.78 is 1.94. The number of unbranched alkanes of at least 4 members (excludes halogenated alkanes) is 1. The van der Waals surface area contributed by atoms with Crippen LogP contribution in [0.3, 0.4) is 0 Å². The van der Waals surface area contributed by atoms with Crippen LogP contribution < -0.4 is 0 Å². The summed E-state index contributed by atoms with van der Waals surface area (Å²) >= 11 is 1.66. The van der Waals surface area contributed by atoms with Crippen molar-refractivity contribution >= 4 is 30.4 Å². The molecule has 0 atom stereocenters. The van der Waals surface area contributed by atoms with Crippen LogP contribution >= 0.6 is 24.4 Å². The number of carbonyl (C=O) groups is 1. The molecule has 0 saturated carbocycles. The van der Waals surface area contributed by atoms with Crippen molar-refractivity contribution in [1.82, 2.24) is 19.0 Å². The first kappa shape index (κ1) is 21.4. The first-order chi connectivity index (χ1) is 12.3. The van der Waals surface area contributed by atoms with Crippen molar-refractivity contribution in [2.45, 2.75) is 26.3 Å². The van der Waals surface area contributed by atoms with E-state index in [-0.39, 0.29) is 18.4 Å². The number of rotatable bonds is 8. The maximum absolute atomic E-state index is 12.5. The number of hydrogen-bond donors (Lipinski definition) is 0. The van der Waals surface area contributed by atoms with Crippen molar-refractivity contribution in [3.05, 3.63) is 35.9 Å². The molecule has 2 fully saturated rings. The smallest absolute Gasteiger partial charge is 0.309 e. The molecule has 2 amide bonds. The van der Waals surface area contributed by atoms with Gasteiger partial charge in [0.2, 0.25) is 0 Å². The van der Waals surface area contributed by atoms with E-state index >= 15 is 0 Å². The topological polar surface area (TPSA) is 30.0 Å². The first-order valence-electron chi connectivity index (χ1n) is 9.44. The number of halogens is 1. The Hall–Kier alpha value is -0.950. The fourth-order valence-corrected chi connectivity index (χ4v) is 4.37. The summed E-state index contributed by atoms with van der Waals surface area (Å²) in [4.78, 5) is 19.5. The summed E-state index contributed by atoms with van der Waals surface area (Å²) in [6.07, 6.45) is 2.26. The van der Waals surface area contributed by atoms with E-state index in [1.807, 2.05) is 27.4 Å². The Morgan fingerprint density at radius 2 is 1.62 bits per heavy atom. The lowest BCUT2D eigenvalue weighted by atomic mass is 10.2. The summed E-state index contributed by atoms with van der Waals surface area (Å²) in [5, 5.41) is 0. The van der Waals surface area contributed by atoms with E-state index in [2.05, 4.69) is 28.9 Å². The number of urea groups is 1. The van der Waals surface area contributed by atoms with Gasteiger partial charge in [-0.1, -0.05) is 37.3 Å². The molecule has 1 aromatic carbocycles. The lowest BCUT2D eigenvalue weighted by Crippen LogP contribution is -2.46. The van der Waals surface area contributed by atoms with Crippen LogP contribution in [0.4, 0.5) is 4.79 Å². The van der Waals surface area contributed by atoms with E-state index < -0.39 is 0 Å². The van der Waals surface area contributed by atoms with Gasteiger partial charge in [0.1, 0.15) is 0 Å². The number of amides is 2. The number of hydrogen-bond acceptors (Lipinski definition) is 4. The number of piperazine rings is 1. The minimum absolute atomic E-state index is 0. The van der Waals surface area contributed by atoms with Gasteiger partial charge in [0.15, 0.2) is 0 Å². The standard InChI is InChI=1S/C19H30N4OS.ClH/c1-2-20-12-14-21(15-13-20)10-6-7-11-23-19(24)22(17-25-23)16-18-8-4-3-5-9-18;/h3-5,8-9H,2,6-7,10-17H2,1H3;1H. The van der Waals surface area contributed by atoms with Crippen LogP contribution in [0.1, 0.15) is 25.3 Å². The van der Waals surface area contributed by atoms with Gasteiger partial charge in [-0.3, -0.25) is 4.31 Å². The summed E-state index contributed by atoms with van der Waals surface area (Å²) in [5.41, 5.74) is 1.20. The predicted molar refractivity (Wildman–Crippen MR) is 112 cm³/mol. The highest BCUT2D eigenvalue weighted by atomic mass is 35.5. The van der Waals surface area contributed by atoms with Crippen molar-refractivity contribution in [3.8, 4) is 0 Å². The van der Waals surface area contributed by atoms with Crippen LogP contribution in [0, 0.1) is 0 Å². The molecule has 0 aliphatic carbocycles. The van der Waals surface area contributed by atoms with Crippen LogP contribution in [0.5, 0.6) is 0 Å². The maximum atomic E-state index is 12.5. The SMILES string of the molecule is CCN1CCN(CCCCN2SCN(Cc3ccccc3)C2=O)CC1.Cl. The molecule has 146 valence electrons. The van der Waals surface area contributed by atoms with Gasteiger partial charge in [0.25, 0.3) is 0 Å². The zero-order valence-electron chi connectivity index (χ0n) is 15.7. The molecule has 2 saturated heterocycles. The molecular formula is C19H31ClN4OS. The molecule has 5 nitrogen and oxygen atoms in total. The largest absolute Gasteiger partial charge is 0.331 e. The molecule has 0 bridgehead atoms. The highest BCUT2D eigenvalue weighted by Gasteiger charge is 2.29. The molecule has 3 rings (SSSR count). The van der Waals surface area contributed by atoms with Crippen molar-refractivity contribution in [2.24, 2.45) is 0 Å². The number of carbonyl (C=O) groups excluding carboxylic acids is 1. The van der Waals surface area contributed by atoms with Gasteiger partial charge in [-0.2, -0.15) is 0 Å². The van der Waals surface area contributed by atoms with E-state index in [1.165, 1.54) is 44.7 Å². The Kier molecular flexibility index (Phi) is 9.05. The zero-order chi connectivity index (χ0) is 17.5. The minimum Gasteiger partial charge on any atom is -0.309 e. The lowest BCUT2D eigenvalue weighted by Gasteiger charge is -2.34. The zero-order valence-corrected chi connectivity index (χ0v) is 17.3. The van der Waals surface area contributed by atoms with Crippen molar-refractivity contribution in [3.63, 3.8) is 0 Å². The summed E-state index contributed by atoms with van der Waals surface area (Å²) in [6.45, 7) is 10.9. The number of likely N-dealkylation sites (N-methyl/N-ethyl adjacent to an activating group) is 1. The Balaban J connectivity index is 0.00000243. The lowest BCUT2D eigenvalue weighted by molar-refractivity contribution is 0.135. The Bertz CT molecular complexity index is 540. The maximum Gasteiger partial charge on any atom is 0.331 e. The first-order valence-corrected chi connectivity index (χ1v) is 10.4. The van der Waals surface area contributed by atoms with Gasteiger partial charge >= 0.3 is 6.03 Å². The molecule has 2 aliphatic rings. The molecule has 2 aliphatic heterocycles. The van der Waals surface area contributed by atoms with E-state index in [0.717, 1.165) is 25.4 Å². The summed E-state index contributed by atoms with van der Waals surface area (Å²) in [5.74, 6) is 0.771. The van der Waals surface area contributed by atoms with Crippen LogP contribution in [0.2, 0.25) is 0 Å². The van der Waals surface area contributed by atoms with E-state index in [0.29, 0.717) is 6.54 Å². The van der Waals surface area contributed by atoms with Gasteiger partial charge < -0.3 is 14.7 Å². The molecule has 1 aromatic rings. The second-order valence-corrected chi connectivity index (χ2v) is 7.77. The monoisotopic (exact) mass is 398 g/mol. The van der Waals surface area contributed by atoms with Crippen molar-refractivity contribution in [2.75, 3.05) is 51.7 Å². The second kappa shape index (κ2) is 11.0. The number of nitrogens with zero attached hydrogens (tertiary/aromatic N) is 4. The highest BCUT2D eigenvalue weighted by molar-refractivity contribution is 7.97. The molecule has 0 radical (unpaired) electrons. The molecule has 0 spiro atoms. The molecule has 26 heavy (non-hydrogen) atoms. The van der Waals surface area contributed by atoms with Crippen LogP contribution in [-0.4, -0.2) is 76.7 Å². The minimum atomic E-state index is 0. The molecule has 0 N–H and O–H groups in total. The van der Waals surface area contributed by atoms with Gasteiger partial charge in [-0.05, 0) is 43.4 Å². The van der Waals surface area contributed by atoms with Gasteiger partial charge in [0, 0.05) is 39.3 Å². The van der Waals surface area contributed by atoms with E-state index in [4.69, 9.17) is 0 Å². The Morgan fingerprint density at radius 3 is 2.31 bits per heavy atom. The molecule has 0 aromatic heterocycles. The van der Waals surface area contributed by atoms with Crippen molar-refractivity contribution in [1.29, 1.82) is 0 Å². The highest BCUT2D eigenvalue weighted by Crippen LogP contribution is 2.25. The van der Waals surface area contributed by atoms with E-state index in [9.17, 15) is 4.79 Å². The Labute approximate surface area is 168 Å². The molecular weight excluding hydrogens is 368 g/mol. The average molecular weight is 399 g/mol. The van der Waals surface area contributed by atoms with Crippen LogP contribution in [-0.2, 0) is 6.54 Å².